The Morgan fingerprint density at radius 2 is 1.89 bits per heavy atom. The molecule has 2 atom stereocenters. The third-order valence-corrected chi connectivity index (χ3v) is 6.42. The molecule has 0 aromatic rings. The third-order valence-electron chi connectivity index (χ3n) is 5.06. The average molecular weight is 282 g/mol. The number of nitrogens with zero attached hydrogens (tertiary/aromatic N) is 1. The summed E-state index contributed by atoms with van der Waals surface area (Å²) in [5, 5.41) is 4.09. The summed E-state index contributed by atoms with van der Waals surface area (Å²) < 4.78 is 0. The van der Waals surface area contributed by atoms with Gasteiger partial charge in [-0.1, -0.05) is 12.8 Å². The second-order valence-electron chi connectivity index (χ2n) is 6.25. The van der Waals surface area contributed by atoms with Crippen molar-refractivity contribution in [2.45, 2.75) is 56.2 Å². The SMILES string of the molecule is O=C(CSC1CCNCC1)N1CCC2CCCCC21. The molecule has 3 aliphatic rings. The molecule has 1 saturated carbocycles. The molecule has 0 aromatic heterocycles. The van der Waals surface area contributed by atoms with Crippen LogP contribution in [0, 0.1) is 5.92 Å². The lowest BCUT2D eigenvalue weighted by atomic mass is 9.85. The number of likely N-dealkylation sites (tertiary alicyclic amines) is 1. The second kappa shape index (κ2) is 6.49. The van der Waals surface area contributed by atoms with Crippen molar-refractivity contribution < 1.29 is 4.79 Å². The quantitative estimate of drug-likeness (QED) is 0.862. The van der Waals surface area contributed by atoms with E-state index in [1.807, 2.05) is 11.8 Å². The maximum absolute atomic E-state index is 12.4. The highest BCUT2D eigenvalue weighted by Gasteiger charge is 2.37. The van der Waals surface area contributed by atoms with E-state index in [9.17, 15) is 4.79 Å². The highest BCUT2D eigenvalue weighted by Crippen LogP contribution is 2.36. The maximum Gasteiger partial charge on any atom is 0.232 e. The Labute approximate surface area is 120 Å². The molecule has 1 N–H and O–H groups in total. The predicted molar refractivity (Wildman–Crippen MR) is 80.4 cm³/mol. The van der Waals surface area contributed by atoms with Crippen LogP contribution in [-0.2, 0) is 4.79 Å². The zero-order valence-electron chi connectivity index (χ0n) is 11.8. The van der Waals surface area contributed by atoms with Gasteiger partial charge >= 0.3 is 0 Å². The van der Waals surface area contributed by atoms with Crippen molar-refractivity contribution in [3.63, 3.8) is 0 Å². The van der Waals surface area contributed by atoms with Gasteiger partial charge in [0.1, 0.15) is 0 Å². The van der Waals surface area contributed by atoms with Crippen molar-refractivity contribution in [2.24, 2.45) is 5.92 Å². The van der Waals surface area contributed by atoms with Gasteiger partial charge in [-0.25, -0.2) is 0 Å². The lowest BCUT2D eigenvalue weighted by molar-refractivity contribution is -0.129. The highest BCUT2D eigenvalue weighted by atomic mass is 32.2. The average Bonchev–Trinajstić information content (AvgIpc) is 2.90. The molecule has 0 bridgehead atoms. The number of piperidine rings is 1. The number of thioether (sulfide) groups is 1. The van der Waals surface area contributed by atoms with Crippen LogP contribution in [0.3, 0.4) is 0 Å². The van der Waals surface area contributed by atoms with Gasteiger partial charge in [0, 0.05) is 17.8 Å². The summed E-state index contributed by atoms with van der Waals surface area (Å²) in [6, 6.07) is 0.592. The van der Waals surface area contributed by atoms with Gasteiger partial charge in [0.05, 0.1) is 5.75 Å². The van der Waals surface area contributed by atoms with E-state index in [1.165, 1.54) is 44.9 Å². The van der Waals surface area contributed by atoms with Gasteiger partial charge in [0.25, 0.3) is 0 Å². The van der Waals surface area contributed by atoms with Crippen LogP contribution in [0.1, 0.15) is 44.9 Å². The molecule has 0 aromatic carbocycles. The molecule has 0 spiro atoms. The van der Waals surface area contributed by atoms with E-state index in [2.05, 4.69) is 10.2 Å². The van der Waals surface area contributed by atoms with Gasteiger partial charge in [-0.2, -0.15) is 0 Å². The summed E-state index contributed by atoms with van der Waals surface area (Å²) in [4.78, 5) is 14.7. The minimum absolute atomic E-state index is 0.415. The van der Waals surface area contributed by atoms with Gasteiger partial charge in [-0.05, 0) is 51.1 Å². The predicted octanol–water partition coefficient (Wildman–Crippen LogP) is 2.26. The number of amides is 1. The van der Waals surface area contributed by atoms with Crippen molar-refractivity contribution in [3.05, 3.63) is 0 Å². The molecule has 3 nitrogen and oxygen atoms in total. The largest absolute Gasteiger partial charge is 0.339 e. The molecule has 19 heavy (non-hydrogen) atoms. The molecule has 4 heteroatoms. The first kappa shape index (κ1) is 13.7. The topological polar surface area (TPSA) is 32.3 Å². The van der Waals surface area contributed by atoms with Crippen molar-refractivity contribution in [2.75, 3.05) is 25.4 Å². The minimum Gasteiger partial charge on any atom is -0.339 e. The van der Waals surface area contributed by atoms with Crippen molar-refractivity contribution in [1.82, 2.24) is 10.2 Å². The summed E-state index contributed by atoms with van der Waals surface area (Å²) >= 11 is 1.90. The molecule has 3 rings (SSSR count). The van der Waals surface area contributed by atoms with Crippen LogP contribution < -0.4 is 5.32 Å². The van der Waals surface area contributed by atoms with E-state index >= 15 is 0 Å². The van der Waals surface area contributed by atoms with Crippen LogP contribution in [0.2, 0.25) is 0 Å². The molecule has 2 saturated heterocycles. The monoisotopic (exact) mass is 282 g/mol. The van der Waals surface area contributed by atoms with Gasteiger partial charge in [-0.3, -0.25) is 4.79 Å². The van der Waals surface area contributed by atoms with Gasteiger partial charge < -0.3 is 10.2 Å². The van der Waals surface area contributed by atoms with Crippen molar-refractivity contribution >= 4 is 17.7 Å². The first-order valence-electron chi connectivity index (χ1n) is 7.96. The molecule has 2 aliphatic heterocycles. The lowest BCUT2D eigenvalue weighted by Gasteiger charge is -2.32. The first-order valence-corrected chi connectivity index (χ1v) is 9.01. The first-order chi connectivity index (χ1) is 9.34. The number of nitrogens with one attached hydrogen (secondary N) is 1. The van der Waals surface area contributed by atoms with E-state index in [-0.39, 0.29) is 0 Å². The van der Waals surface area contributed by atoms with Gasteiger partial charge in [0.15, 0.2) is 0 Å². The number of carbonyl (C=O) groups is 1. The molecular weight excluding hydrogens is 256 g/mol. The Bertz CT molecular complexity index is 317. The summed E-state index contributed by atoms with van der Waals surface area (Å²) in [5.41, 5.74) is 0. The van der Waals surface area contributed by atoms with Crippen LogP contribution in [-0.4, -0.2) is 47.5 Å². The Hall–Kier alpha value is -0.220. The summed E-state index contributed by atoms with van der Waals surface area (Å²) in [5.74, 6) is 1.95. The molecule has 1 amide bonds. The normalized spacial score (nSPS) is 32.3. The van der Waals surface area contributed by atoms with Gasteiger partial charge in [-0.15, -0.1) is 11.8 Å². The highest BCUT2D eigenvalue weighted by molar-refractivity contribution is 8.00. The van der Waals surface area contributed by atoms with E-state index in [1.54, 1.807) is 0 Å². The number of hydrogen-bond acceptors (Lipinski definition) is 3. The van der Waals surface area contributed by atoms with Crippen molar-refractivity contribution in [3.8, 4) is 0 Å². The van der Waals surface area contributed by atoms with E-state index in [0.29, 0.717) is 23.0 Å². The Morgan fingerprint density at radius 1 is 1.11 bits per heavy atom. The standard InChI is InChI=1S/C15H26N2OS/c18-15(11-19-13-5-8-16-9-6-13)17-10-7-12-3-1-2-4-14(12)17/h12-14,16H,1-11H2. The Balaban J connectivity index is 1.47. The molecule has 1 aliphatic carbocycles. The zero-order chi connectivity index (χ0) is 13.1. The van der Waals surface area contributed by atoms with E-state index in [0.717, 1.165) is 25.6 Å². The smallest absolute Gasteiger partial charge is 0.232 e. The number of hydrogen-bond donors (Lipinski definition) is 1. The lowest BCUT2D eigenvalue weighted by Crippen LogP contribution is -2.40. The fraction of sp³-hybridized carbons (Fsp3) is 0.933. The maximum atomic E-state index is 12.4. The zero-order valence-corrected chi connectivity index (χ0v) is 12.6. The fourth-order valence-corrected chi connectivity index (χ4v) is 5.06. The molecule has 2 heterocycles. The van der Waals surface area contributed by atoms with Crippen molar-refractivity contribution in [1.29, 1.82) is 0 Å². The van der Waals surface area contributed by atoms with E-state index in [4.69, 9.17) is 0 Å². The van der Waals surface area contributed by atoms with Crippen LogP contribution >= 0.6 is 11.8 Å². The minimum atomic E-state index is 0.415. The van der Waals surface area contributed by atoms with Crippen LogP contribution in [0.25, 0.3) is 0 Å². The summed E-state index contributed by atoms with van der Waals surface area (Å²) in [6.07, 6.45) is 9.03. The molecule has 108 valence electrons. The van der Waals surface area contributed by atoms with E-state index < -0.39 is 0 Å². The number of fused-ring (bicyclic) bond motifs is 1. The number of carbonyl (C=O) groups excluding carboxylic acids is 1. The summed E-state index contributed by atoms with van der Waals surface area (Å²) in [7, 11) is 0. The second-order valence-corrected chi connectivity index (χ2v) is 7.54. The van der Waals surface area contributed by atoms with Crippen LogP contribution in [0.5, 0.6) is 0 Å². The van der Waals surface area contributed by atoms with Gasteiger partial charge in [0.2, 0.25) is 5.91 Å². The molecule has 2 unspecified atom stereocenters. The Morgan fingerprint density at radius 3 is 2.74 bits per heavy atom. The molecule has 3 fully saturated rings. The Kier molecular flexibility index (Phi) is 4.69. The molecular formula is C15H26N2OS. The third kappa shape index (κ3) is 3.27. The fourth-order valence-electron chi connectivity index (χ4n) is 3.95. The molecule has 0 radical (unpaired) electrons. The van der Waals surface area contributed by atoms with Crippen LogP contribution in [0.15, 0.2) is 0 Å². The number of rotatable bonds is 3. The summed E-state index contributed by atoms with van der Waals surface area (Å²) in [6.45, 7) is 3.28. The van der Waals surface area contributed by atoms with Crippen LogP contribution in [0.4, 0.5) is 0 Å².